The van der Waals surface area contributed by atoms with Gasteiger partial charge in [-0.15, -0.1) is 0 Å². The zero-order valence-electron chi connectivity index (χ0n) is 10.0. The van der Waals surface area contributed by atoms with Crippen LogP contribution in [0.5, 0.6) is 0 Å². The van der Waals surface area contributed by atoms with Crippen LogP contribution in [0.2, 0.25) is 0 Å². The highest BCUT2D eigenvalue weighted by molar-refractivity contribution is 5.86. The molecule has 2 atom stereocenters. The van der Waals surface area contributed by atoms with Crippen LogP contribution in [0.1, 0.15) is 32.1 Å². The van der Waals surface area contributed by atoms with Crippen LogP contribution < -0.4 is 5.73 Å². The topological polar surface area (TPSA) is 63.4 Å². The molecule has 1 aliphatic heterocycles. The third kappa shape index (κ3) is 2.57. The van der Waals surface area contributed by atoms with E-state index in [1.807, 2.05) is 6.08 Å². The van der Waals surface area contributed by atoms with E-state index in [9.17, 15) is 9.59 Å². The fourth-order valence-electron chi connectivity index (χ4n) is 2.78. The van der Waals surface area contributed by atoms with E-state index in [0.717, 1.165) is 19.1 Å². The van der Waals surface area contributed by atoms with Crippen LogP contribution >= 0.6 is 0 Å². The lowest BCUT2D eigenvalue weighted by molar-refractivity contribution is -0.136. The molecule has 1 fully saturated rings. The number of nitrogens with zero attached hydrogens (tertiary/aromatic N) is 1. The molecule has 0 spiro atoms. The quantitative estimate of drug-likeness (QED) is 0.584. The van der Waals surface area contributed by atoms with Crippen molar-refractivity contribution in [2.24, 2.45) is 11.7 Å². The van der Waals surface area contributed by atoms with Gasteiger partial charge >= 0.3 is 0 Å². The summed E-state index contributed by atoms with van der Waals surface area (Å²) in [6, 6.07) is -0.838. The molecule has 4 heteroatoms. The van der Waals surface area contributed by atoms with E-state index in [0.29, 0.717) is 12.5 Å². The average Bonchev–Trinajstić information content (AvgIpc) is 2.86. The molecule has 4 nitrogen and oxygen atoms in total. The average molecular weight is 236 g/mol. The number of carbonyl (C=O) groups excluding carboxylic acids is 2. The van der Waals surface area contributed by atoms with Gasteiger partial charge in [-0.05, 0) is 18.8 Å². The van der Waals surface area contributed by atoms with E-state index >= 15 is 0 Å². The summed E-state index contributed by atoms with van der Waals surface area (Å²) in [6.07, 6.45) is 10.1. The Bertz CT molecular complexity index is 321. The van der Waals surface area contributed by atoms with E-state index < -0.39 is 12.1 Å². The van der Waals surface area contributed by atoms with E-state index in [1.54, 1.807) is 11.0 Å². The first-order valence-corrected chi connectivity index (χ1v) is 6.42. The van der Waals surface area contributed by atoms with Gasteiger partial charge in [0.1, 0.15) is 12.3 Å². The van der Waals surface area contributed by atoms with Crippen molar-refractivity contribution in [3.8, 4) is 0 Å². The molecule has 2 N–H and O–H groups in total. The van der Waals surface area contributed by atoms with E-state index in [1.165, 1.54) is 19.3 Å². The molecule has 2 aliphatic rings. The smallest absolute Gasteiger partial charge is 0.240 e. The summed E-state index contributed by atoms with van der Waals surface area (Å²) in [5.74, 6) is 0.225. The maximum atomic E-state index is 12.2. The molecule has 17 heavy (non-hydrogen) atoms. The van der Waals surface area contributed by atoms with Crippen LogP contribution in [0.4, 0.5) is 0 Å². The second-order valence-electron chi connectivity index (χ2n) is 4.97. The monoisotopic (exact) mass is 236 g/mol. The summed E-state index contributed by atoms with van der Waals surface area (Å²) < 4.78 is 0. The number of amides is 1. The molecule has 1 unspecified atom stereocenters. The molecule has 1 amide bonds. The summed E-state index contributed by atoms with van der Waals surface area (Å²) in [7, 11) is 0. The summed E-state index contributed by atoms with van der Waals surface area (Å²) in [4.78, 5) is 24.6. The maximum Gasteiger partial charge on any atom is 0.240 e. The molecule has 1 saturated carbocycles. The highest BCUT2D eigenvalue weighted by Crippen LogP contribution is 2.27. The van der Waals surface area contributed by atoms with Crippen LogP contribution in [-0.4, -0.2) is 35.7 Å². The van der Waals surface area contributed by atoms with Gasteiger partial charge in [0.2, 0.25) is 5.91 Å². The van der Waals surface area contributed by atoms with E-state index in [-0.39, 0.29) is 5.91 Å². The van der Waals surface area contributed by atoms with Gasteiger partial charge in [0.15, 0.2) is 0 Å². The van der Waals surface area contributed by atoms with Crippen LogP contribution in [0.15, 0.2) is 12.2 Å². The Labute approximate surface area is 102 Å². The second-order valence-corrected chi connectivity index (χ2v) is 4.97. The Hall–Kier alpha value is -1.16. The first-order chi connectivity index (χ1) is 8.24. The maximum absolute atomic E-state index is 12.2. The standard InChI is InChI=1S/C13H20N2O2/c14-12(10-5-2-1-3-6-10)13(17)15-8-4-7-11(15)9-16/h4,7,9-12H,1-3,5-6,8,14H2/t11-,12?/m0/s1. The Morgan fingerprint density at radius 3 is 2.71 bits per heavy atom. The summed E-state index contributed by atoms with van der Waals surface area (Å²) in [6.45, 7) is 0.517. The minimum Gasteiger partial charge on any atom is -0.324 e. The first kappa shape index (κ1) is 12.3. The molecular formula is C13H20N2O2. The lowest BCUT2D eigenvalue weighted by Crippen LogP contribution is -2.50. The van der Waals surface area contributed by atoms with Crippen molar-refractivity contribution >= 4 is 12.2 Å². The first-order valence-electron chi connectivity index (χ1n) is 6.42. The summed E-state index contributed by atoms with van der Waals surface area (Å²) >= 11 is 0. The molecule has 0 saturated heterocycles. The molecule has 0 aromatic carbocycles. The van der Waals surface area contributed by atoms with Gasteiger partial charge in [-0.3, -0.25) is 4.79 Å². The third-order valence-electron chi connectivity index (χ3n) is 3.86. The van der Waals surface area contributed by atoms with Crippen molar-refractivity contribution in [2.45, 2.75) is 44.2 Å². The van der Waals surface area contributed by atoms with Crippen molar-refractivity contribution in [1.29, 1.82) is 0 Å². The Kier molecular flexibility index (Phi) is 3.94. The molecule has 0 aromatic rings. The fraction of sp³-hybridized carbons (Fsp3) is 0.692. The second kappa shape index (κ2) is 5.45. The molecule has 1 aliphatic carbocycles. The van der Waals surface area contributed by atoms with Crippen molar-refractivity contribution in [3.63, 3.8) is 0 Å². The summed E-state index contributed by atoms with van der Waals surface area (Å²) in [5.41, 5.74) is 6.05. The van der Waals surface area contributed by atoms with Crippen molar-refractivity contribution in [1.82, 2.24) is 4.90 Å². The molecule has 1 heterocycles. The molecule has 2 rings (SSSR count). The van der Waals surface area contributed by atoms with Crippen LogP contribution in [0.3, 0.4) is 0 Å². The van der Waals surface area contributed by atoms with Crippen molar-refractivity contribution < 1.29 is 9.59 Å². The van der Waals surface area contributed by atoms with Crippen LogP contribution in [-0.2, 0) is 9.59 Å². The lowest BCUT2D eigenvalue weighted by atomic mass is 9.83. The highest BCUT2D eigenvalue weighted by atomic mass is 16.2. The minimum atomic E-state index is -0.433. The lowest BCUT2D eigenvalue weighted by Gasteiger charge is -2.31. The number of hydrogen-bond acceptors (Lipinski definition) is 3. The number of rotatable bonds is 3. The fourth-order valence-corrected chi connectivity index (χ4v) is 2.78. The van der Waals surface area contributed by atoms with Gasteiger partial charge in [0.05, 0.1) is 6.04 Å². The molecular weight excluding hydrogens is 216 g/mol. The van der Waals surface area contributed by atoms with Crippen molar-refractivity contribution in [3.05, 3.63) is 12.2 Å². The van der Waals surface area contributed by atoms with Gasteiger partial charge in [-0.25, -0.2) is 0 Å². The number of hydrogen-bond donors (Lipinski definition) is 1. The van der Waals surface area contributed by atoms with Crippen molar-refractivity contribution in [2.75, 3.05) is 6.54 Å². The van der Waals surface area contributed by atoms with Crippen LogP contribution in [0, 0.1) is 5.92 Å². The Balaban J connectivity index is 1.96. The molecule has 0 aromatic heterocycles. The largest absolute Gasteiger partial charge is 0.324 e. The molecule has 0 bridgehead atoms. The normalized spacial score (nSPS) is 27.1. The Morgan fingerprint density at radius 1 is 1.35 bits per heavy atom. The Morgan fingerprint density at radius 2 is 2.06 bits per heavy atom. The summed E-state index contributed by atoms with van der Waals surface area (Å²) in [5, 5.41) is 0. The van der Waals surface area contributed by atoms with Gasteiger partial charge in [0, 0.05) is 6.54 Å². The SMILES string of the molecule is NC(C(=O)N1CC=C[C@H]1C=O)C1CCCCC1. The predicted octanol–water partition coefficient (Wildman–Crippen LogP) is 0.860. The van der Waals surface area contributed by atoms with E-state index in [4.69, 9.17) is 5.73 Å². The van der Waals surface area contributed by atoms with Crippen LogP contribution in [0.25, 0.3) is 0 Å². The number of nitrogens with two attached hydrogens (primary N) is 1. The predicted molar refractivity (Wildman–Crippen MR) is 65.3 cm³/mol. The number of aldehydes is 1. The highest BCUT2D eigenvalue weighted by Gasteiger charge is 2.33. The van der Waals surface area contributed by atoms with Gasteiger partial charge in [-0.1, -0.05) is 31.4 Å². The molecule has 94 valence electrons. The van der Waals surface area contributed by atoms with Gasteiger partial charge in [-0.2, -0.15) is 0 Å². The van der Waals surface area contributed by atoms with Gasteiger partial charge in [0.25, 0.3) is 0 Å². The van der Waals surface area contributed by atoms with Gasteiger partial charge < -0.3 is 15.4 Å². The molecule has 0 radical (unpaired) electrons. The zero-order chi connectivity index (χ0) is 12.3. The number of carbonyl (C=O) groups is 2. The zero-order valence-corrected chi connectivity index (χ0v) is 10.0. The van der Waals surface area contributed by atoms with E-state index in [2.05, 4.69) is 0 Å². The minimum absolute atomic E-state index is 0.0704. The third-order valence-corrected chi connectivity index (χ3v) is 3.86.